The molecule has 5 aliphatic carbocycles. The highest BCUT2D eigenvalue weighted by Crippen LogP contribution is 2.70. The van der Waals surface area contributed by atoms with Gasteiger partial charge >= 0.3 is 0 Å². The van der Waals surface area contributed by atoms with Crippen LogP contribution in [0.2, 0.25) is 5.02 Å². The van der Waals surface area contributed by atoms with E-state index in [1.165, 1.54) is 63.4 Å². The summed E-state index contributed by atoms with van der Waals surface area (Å²) in [6.45, 7) is 0. The van der Waals surface area contributed by atoms with Gasteiger partial charge in [0.05, 0.1) is 0 Å². The third kappa shape index (κ3) is 1.83. The molecule has 0 nitrogen and oxygen atoms in total. The molecule has 4 bridgehead atoms. The first-order chi connectivity index (χ1) is 14.7. The molecule has 0 amide bonds. The van der Waals surface area contributed by atoms with Gasteiger partial charge in [0, 0.05) is 30.6 Å². The van der Waals surface area contributed by atoms with Gasteiger partial charge in [-0.2, -0.15) is 0 Å². The van der Waals surface area contributed by atoms with Crippen molar-refractivity contribution in [3.8, 4) is 11.1 Å². The molecule has 148 valence electrons. The zero-order valence-electron chi connectivity index (χ0n) is 16.8. The van der Waals surface area contributed by atoms with E-state index in [2.05, 4.69) is 54.6 Å². The molecule has 4 saturated carbocycles. The van der Waals surface area contributed by atoms with Crippen LogP contribution in [0.4, 0.5) is 0 Å². The van der Waals surface area contributed by atoms with Crippen molar-refractivity contribution in [3.63, 3.8) is 0 Å². The summed E-state index contributed by atoms with van der Waals surface area (Å²) in [6.07, 6.45) is 7.26. The molecule has 30 heavy (non-hydrogen) atoms. The fourth-order valence-electron chi connectivity index (χ4n) is 8.44. The third-order valence-corrected chi connectivity index (χ3v) is 10.5. The molecule has 4 aromatic rings. The van der Waals surface area contributed by atoms with Crippen molar-refractivity contribution in [1.82, 2.24) is 0 Å². The molecule has 3 aromatic carbocycles. The van der Waals surface area contributed by atoms with Crippen LogP contribution in [0.1, 0.15) is 43.2 Å². The molecule has 0 atom stereocenters. The molecule has 1 spiro atoms. The Kier molecular flexibility index (Phi) is 3.08. The third-order valence-electron chi connectivity index (χ3n) is 9.11. The van der Waals surface area contributed by atoms with Gasteiger partial charge in [0.15, 0.2) is 0 Å². The maximum Gasteiger partial charge on any atom is 0.0420 e. The van der Waals surface area contributed by atoms with E-state index in [0.717, 1.165) is 28.7 Å². The Labute approximate surface area is 185 Å². The standard InChI is InChI=1S/C28H23ClS/c29-19-5-6-21-23-8-7-22-20-3-1-2-4-24(20)28(26(22)27(23)30-25(21)14-19)17-10-15-9-16(12-17)13-18(28)11-15/h1-8,14-18H,9-13H2. The first kappa shape index (κ1) is 16.8. The lowest BCUT2D eigenvalue weighted by atomic mass is 9.43. The summed E-state index contributed by atoms with van der Waals surface area (Å²) in [7, 11) is 0. The Morgan fingerprint density at radius 1 is 0.767 bits per heavy atom. The summed E-state index contributed by atoms with van der Waals surface area (Å²) < 4.78 is 2.87. The maximum atomic E-state index is 6.38. The quantitative estimate of drug-likeness (QED) is 0.264. The largest absolute Gasteiger partial charge is 0.135 e. The van der Waals surface area contributed by atoms with E-state index in [9.17, 15) is 0 Å². The lowest BCUT2D eigenvalue weighted by molar-refractivity contribution is -0.0393. The highest BCUT2D eigenvalue weighted by molar-refractivity contribution is 7.26. The van der Waals surface area contributed by atoms with Crippen LogP contribution < -0.4 is 0 Å². The second kappa shape index (κ2) is 5.50. The summed E-state index contributed by atoms with van der Waals surface area (Å²) in [4.78, 5) is 0. The predicted molar refractivity (Wildman–Crippen MR) is 128 cm³/mol. The van der Waals surface area contributed by atoms with Crippen LogP contribution in [0.3, 0.4) is 0 Å². The van der Waals surface area contributed by atoms with Crippen molar-refractivity contribution in [2.24, 2.45) is 23.7 Å². The average Bonchev–Trinajstić information content (AvgIpc) is 3.25. The minimum atomic E-state index is 0.240. The van der Waals surface area contributed by atoms with Gasteiger partial charge in [0.1, 0.15) is 0 Å². The smallest absolute Gasteiger partial charge is 0.0420 e. The SMILES string of the molecule is Clc1ccc2c(c1)sc1c3c(ccc12)-c1ccccc1C31C2CC3CC(C2)CC1C3. The van der Waals surface area contributed by atoms with E-state index < -0.39 is 0 Å². The van der Waals surface area contributed by atoms with Crippen molar-refractivity contribution in [2.45, 2.75) is 37.5 Å². The lowest BCUT2D eigenvalue weighted by Gasteiger charge is -2.61. The predicted octanol–water partition coefficient (Wildman–Crippen LogP) is 8.43. The fourth-order valence-corrected chi connectivity index (χ4v) is 10.0. The zero-order chi connectivity index (χ0) is 19.6. The number of halogens is 1. The number of fused-ring (bicyclic) bond motifs is 7. The number of thiophene rings is 1. The van der Waals surface area contributed by atoms with Gasteiger partial charge in [-0.3, -0.25) is 0 Å². The van der Waals surface area contributed by atoms with E-state index >= 15 is 0 Å². The molecule has 0 unspecified atom stereocenters. The van der Waals surface area contributed by atoms with Crippen molar-refractivity contribution in [2.75, 3.05) is 0 Å². The van der Waals surface area contributed by atoms with Gasteiger partial charge in [0.25, 0.3) is 0 Å². The summed E-state index contributed by atoms with van der Waals surface area (Å²) in [6, 6.07) is 20.7. The van der Waals surface area contributed by atoms with Crippen LogP contribution in [-0.4, -0.2) is 0 Å². The van der Waals surface area contributed by atoms with Crippen molar-refractivity contribution in [1.29, 1.82) is 0 Å². The maximum absolute atomic E-state index is 6.38. The van der Waals surface area contributed by atoms with Crippen LogP contribution in [0.15, 0.2) is 54.6 Å². The fraction of sp³-hybridized carbons (Fsp3) is 0.357. The summed E-state index contributed by atoms with van der Waals surface area (Å²) in [5.74, 6) is 3.59. The van der Waals surface area contributed by atoms with E-state index in [0.29, 0.717) is 0 Å². The van der Waals surface area contributed by atoms with Crippen LogP contribution in [0, 0.1) is 23.7 Å². The topological polar surface area (TPSA) is 0 Å². The van der Waals surface area contributed by atoms with E-state index in [4.69, 9.17) is 11.6 Å². The Balaban J connectivity index is 1.53. The van der Waals surface area contributed by atoms with Gasteiger partial charge in [-0.05, 0) is 90.2 Å². The lowest BCUT2D eigenvalue weighted by Crippen LogP contribution is -2.55. The molecular weight excluding hydrogens is 404 g/mol. The van der Waals surface area contributed by atoms with Gasteiger partial charge in [-0.25, -0.2) is 0 Å². The molecule has 0 N–H and O–H groups in total. The minimum Gasteiger partial charge on any atom is -0.135 e. The molecular formula is C28H23ClS. The van der Waals surface area contributed by atoms with Gasteiger partial charge in [-0.15, -0.1) is 11.3 Å². The minimum absolute atomic E-state index is 0.240. The Morgan fingerprint density at radius 2 is 1.50 bits per heavy atom. The molecule has 0 radical (unpaired) electrons. The van der Waals surface area contributed by atoms with Gasteiger partial charge < -0.3 is 0 Å². The first-order valence-electron chi connectivity index (χ1n) is 11.5. The molecule has 1 aromatic heterocycles. The molecule has 4 fully saturated rings. The normalized spacial score (nSPS) is 33.0. The number of hydrogen-bond acceptors (Lipinski definition) is 1. The second-order valence-electron chi connectivity index (χ2n) is 10.3. The highest BCUT2D eigenvalue weighted by atomic mass is 35.5. The van der Waals surface area contributed by atoms with E-state index in [1.807, 2.05) is 11.3 Å². The van der Waals surface area contributed by atoms with Crippen LogP contribution in [-0.2, 0) is 5.41 Å². The first-order valence-corrected chi connectivity index (χ1v) is 12.7. The molecule has 5 aliphatic rings. The highest BCUT2D eigenvalue weighted by Gasteiger charge is 2.62. The van der Waals surface area contributed by atoms with Crippen molar-refractivity contribution >= 4 is 43.1 Å². The average molecular weight is 427 g/mol. The second-order valence-corrected chi connectivity index (χ2v) is 11.8. The molecule has 0 aliphatic heterocycles. The number of rotatable bonds is 0. The van der Waals surface area contributed by atoms with E-state index in [1.54, 1.807) is 11.1 Å². The molecule has 2 heteroatoms. The number of hydrogen-bond donors (Lipinski definition) is 0. The summed E-state index contributed by atoms with van der Waals surface area (Å²) >= 11 is 8.37. The van der Waals surface area contributed by atoms with Crippen LogP contribution >= 0.6 is 22.9 Å². The van der Waals surface area contributed by atoms with Crippen molar-refractivity contribution < 1.29 is 0 Å². The molecule has 1 heterocycles. The zero-order valence-corrected chi connectivity index (χ0v) is 18.4. The Hall–Kier alpha value is -1.83. The summed E-state index contributed by atoms with van der Waals surface area (Å²) in [5, 5.41) is 3.65. The molecule has 0 saturated heterocycles. The monoisotopic (exact) mass is 426 g/mol. The van der Waals surface area contributed by atoms with E-state index in [-0.39, 0.29) is 5.41 Å². The Morgan fingerprint density at radius 3 is 2.30 bits per heavy atom. The van der Waals surface area contributed by atoms with Gasteiger partial charge in [-0.1, -0.05) is 54.1 Å². The van der Waals surface area contributed by atoms with Gasteiger partial charge in [0.2, 0.25) is 0 Å². The molecule has 9 rings (SSSR count). The summed E-state index contributed by atoms with van der Waals surface area (Å²) in [5.41, 5.74) is 6.61. The number of benzene rings is 3. The van der Waals surface area contributed by atoms with Crippen LogP contribution in [0.5, 0.6) is 0 Å². The van der Waals surface area contributed by atoms with Crippen LogP contribution in [0.25, 0.3) is 31.3 Å². The Bertz CT molecular complexity index is 1350. The van der Waals surface area contributed by atoms with Crippen molar-refractivity contribution in [3.05, 3.63) is 70.7 Å².